The molecular formula is C16H18O6. The lowest BCUT2D eigenvalue weighted by atomic mass is 10.1. The lowest BCUT2D eigenvalue weighted by Gasteiger charge is -2.11. The molecule has 3 N–H and O–H groups in total. The molecule has 1 heterocycles. The Kier molecular flexibility index (Phi) is 5.19. The van der Waals surface area contributed by atoms with E-state index in [4.69, 9.17) is 14.3 Å². The van der Waals surface area contributed by atoms with E-state index in [1.807, 2.05) is 0 Å². The number of aliphatic hydroxyl groups excluding tert-OH is 2. The number of aromatic hydroxyl groups is 1. The molecule has 1 aromatic heterocycles. The number of hydrogen-bond donors (Lipinski definition) is 3. The molecule has 0 aliphatic rings. The third kappa shape index (κ3) is 3.29. The van der Waals surface area contributed by atoms with Gasteiger partial charge in [-0.05, 0) is 25.1 Å². The van der Waals surface area contributed by atoms with Gasteiger partial charge in [0.15, 0.2) is 11.3 Å². The summed E-state index contributed by atoms with van der Waals surface area (Å²) >= 11 is 0. The SMILES string of the molecule is CC=Cc1c(O)c2cccc(OCCC(O)CO)c2oc1=O. The third-order valence-corrected chi connectivity index (χ3v) is 3.16. The van der Waals surface area contributed by atoms with Crippen molar-refractivity contribution in [3.05, 3.63) is 40.3 Å². The van der Waals surface area contributed by atoms with E-state index in [1.54, 1.807) is 31.2 Å². The van der Waals surface area contributed by atoms with Crippen molar-refractivity contribution in [1.82, 2.24) is 0 Å². The van der Waals surface area contributed by atoms with Gasteiger partial charge in [0, 0.05) is 6.42 Å². The molecule has 22 heavy (non-hydrogen) atoms. The molecule has 0 bridgehead atoms. The molecule has 1 unspecified atom stereocenters. The van der Waals surface area contributed by atoms with Crippen molar-refractivity contribution >= 4 is 17.0 Å². The quantitative estimate of drug-likeness (QED) is 0.702. The lowest BCUT2D eigenvalue weighted by molar-refractivity contribution is 0.0754. The highest BCUT2D eigenvalue weighted by Crippen LogP contribution is 2.32. The van der Waals surface area contributed by atoms with Crippen LogP contribution >= 0.6 is 0 Å². The predicted molar refractivity (Wildman–Crippen MR) is 82.1 cm³/mol. The van der Waals surface area contributed by atoms with Gasteiger partial charge in [0.25, 0.3) is 0 Å². The van der Waals surface area contributed by atoms with Crippen LogP contribution in [0.15, 0.2) is 33.5 Å². The molecule has 0 spiro atoms. The number of aliphatic hydroxyl groups is 2. The Labute approximate surface area is 126 Å². The maximum absolute atomic E-state index is 11.9. The van der Waals surface area contributed by atoms with E-state index < -0.39 is 11.7 Å². The molecule has 1 atom stereocenters. The molecule has 0 aliphatic heterocycles. The Morgan fingerprint density at radius 1 is 1.41 bits per heavy atom. The van der Waals surface area contributed by atoms with Gasteiger partial charge in [0.05, 0.1) is 24.7 Å². The summed E-state index contributed by atoms with van der Waals surface area (Å²) in [6.07, 6.45) is 2.48. The average molecular weight is 306 g/mol. The lowest BCUT2D eigenvalue weighted by Crippen LogP contribution is -2.16. The summed E-state index contributed by atoms with van der Waals surface area (Å²) < 4.78 is 10.7. The van der Waals surface area contributed by atoms with Gasteiger partial charge < -0.3 is 24.5 Å². The number of para-hydroxylation sites is 1. The van der Waals surface area contributed by atoms with Crippen LogP contribution in [0.2, 0.25) is 0 Å². The van der Waals surface area contributed by atoms with Gasteiger partial charge in [0.1, 0.15) is 11.3 Å². The second kappa shape index (κ2) is 7.11. The summed E-state index contributed by atoms with van der Waals surface area (Å²) in [5.41, 5.74) is -0.422. The Morgan fingerprint density at radius 3 is 2.86 bits per heavy atom. The molecule has 2 rings (SSSR count). The van der Waals surface area contributed by atoms with Gasteiger partial charge in [-0.15, -0.1) is 0 Å². The number of benzene rings is 1. The second-order valence-corrected chi connectivity index (χ2v) is 4.76. The van der Waals surface area contributed by atoms with Crippen LogP contribution in [0.1, 0.15) is 18.9 Å². The summed E-state index contributed by atoms with van der Waals surface area (Å²) in [4.78, 5) is 11.9. The van der Waals surface area contributed by atoms with Crippen LogP contribution < -0.4 is 10.4 Å². The number of hydrogen-bond acceptors (Lipinski definition) is 6. The predicted octanol–water partition coefficient (Wildman–Crippen LogP) is 1.65. The topological polar surface area (TPSA) is 100 Å². The van der Waals surface area contributed by atoms with Crippen molar-refractivity contribution in [2.45, 2.75) is 19.4 Å². The maximum atomic E-state index is 11.9. The zero-order valence-electron chi connectivity index (χ0n) is 12.2. The second-order valence-electron chi connectivity index (χ2n) is 4.76. The molecule has 1 aromatic carbocycles. The van der Waals surface area contributed by atoms with E-state index in [0.29, 0.717) is 11.1 Å². The van der Waals surface area contributed by atoms with Gasteiger partial charge >= 0.3 is 5.63 Å². The highest BCUT2D eigenvalue weighted by atomic mass is 16.5. The number of rotatable bonds is 6. The first-order chi connectivity index (χ1) is 10.6. The minimum atomic E-state index is -0.864. The fraction of sp³-hybridized carbons (Fsp3) is 0.312. The van der Waals surface area contributed by atoms with Crippen molar-refractivity contribution in [2.75, 3.05) is 13.2 Å². The van der Waals surface area contributed by atoms with E-state index >= 15 is 0 Å². The summed E-state index contributed by atoms with van der Waals surface area (Å²) in [6, 6.07) is 4.89. The maximum Gasteiger partial charge on any atom is 0.347 e. The van der Waals surface area contributed by atoms with Crippen molar-refractivity contribution in [3.8, 4) is 11.5 Å². The average Bonchev–Trinajstić information content (AvgIpc) is 2.51. The third-order valence-electron chi connectivity index (χ3n) is 3.16. The molecule has 0 saturated carbocycles. The van der Waals surface area contributed by atoms with E-state index in [9.17, 15) is 15.0 Å². The molecule has 0 fully saturated rings. The van der Waals surface area contributed by atoms with Crippen LogP contribution in [0, 0.1) is 0 Å². The Bertz CT molecular complexity index is 731. The molecule has 0 saturated heterocycles. The van der Waals surface area contributed by atoms with Crippen molar-refractivity contribution in [3.63, 3.8) is 0 Å². The van der Waals surface area contributed by atoms with Gasteiger partial charge in [-0.3, -0.25) is 0 Å². The normalized spacial score (nSPS) is 12.9. The van der Waals surface area contributed by atoms with Crippen LogP contribution in [0.4, 0.5) is 0 Å². The Balaban J connectivity index is 2.39. The minimum Gasteiger partial charge on any atom is -0.506 e. The highest BCUT2D eigenvalue weighted by Gasteiger charge is 2.15. The highest BCUT2D eigenvalue weighted by molar-refractivity contribution is 5.90. The number of fused-ring (bicyclic) bond motifs is 1. The number of allylic oxidation sites excluding steroid dienone is 1. The van der Waals surface area contributed by atoms with Crippen LogP contribution in [0.5, 0.6) is 11.5 Å². The molecule has 118 valence electrons. The molecular weight excluding hydrogens is 288 g/mol. The van der Waals surface area contributed by atoms with E-state index in [1.165, 1.54) is 6.08 Å². The van der Waals surface area contributed by atoms with Crippen LogP contribution in [-0.2, 0) is 0 Å². The van der Waals surface area contributed by atoms with Crippen LogP contribution in [0.3, 0.4) is 0 Å². The first-order valence-corrected chi connectivity index (χ1v) is 6.91. The fourth-order valence-electron chi connectivity index (χ4n) is 2.02. The fourth-order valence-corrected chi connectivity index (χ4v) is 2.02. The van der Waals surface area contributed by atoms with Crippen molar-refractivity contribution < 1.29 is 24.5 Å². The van der Waals surface area contributed by atoms with Gasteiger partial charge in [-0.2, -0.15) is 0 Å². The largest absolute Gasteiger partial charge is 0.506 e. The summed E-state index contributed by atoms with van der Waals surface area (Å²) in [7, 11) is 0. The minimum absolute atomic E-state index is 0.0860. The first kappa shape index (κ1) is 16.1. The zero-order chi connectivity index (χ0) is 16.1. The summed E-state index contributed by atoms with van der Waals surface area (Å²) in [5, 5.41) is 28.6. The van der Waals surface area contributed by atoms with Gasteiger partial charge in [0.2, 0.25) is 0 Å². The Morgan fingerprint density at radius 2 is 2.18 bits per heavy atom. The van der Waals surface area contributed by atoms with E-state index in [-0.39, 0.29) is 36.5 Å². The van der Waals surface area contributed by atoms with Crippen LogP contribution in [-0.4, -0.2) is 34.6 Å². The van der Waals surface area contributed by atoms with E-state index in [2.05, 4.69) is 0 Å². The summed E-state index contributed by atoms with van der Waals surface area (Å²) in [5.74, 6) is 0.132. The Hall–Kier alpha value is -2.31. The van der Waals surface area contributed by atoms with Gasteiger partial charge in [-0.25, -0.2) is 4.79 Å². The monoisotopic (exact) mass is 306 g/mol. The molecule has 0 amide bonds. The van der Waals surface area contributed by atoms with Crippen LogP contribution in [0.25, 0.3) is 17.0 Å². The number of ether oxygens (including phenoxy) is 1. The zero-order valence-corrected chi connectivity index (χ0v) is 12.2. The standard InChI is InChI=1S/C16H18O6/c1-2-4-12-14(19)11-5-3-6-13(15(11)22-16(12)20)21-8-7-10(18)9-17/h2-6,10,17-19H,7-9H2,1H3. The summed E-state index contributed by atoms with van der Waals surface area (Å²) in [6.45, 7) is 1.53. The van der Waals surface area contributed by atoms with Gasteiger partial charge in [-0.1, -0.05) is 12.1 Å². The van der Waals surface area contributed by atoms with Crippen molar-refractivity contribution in [1.29, 1.82) is 0 Å². The van der Waals surface area contributed by atoms with Crippen molar-refractivity contribution in [2.24, 2.45) is 0 Å². The molecule has 0 radical (unpaired) electrons. The molecule has 2 aromatic rings. The molecule has 6 heteroatoms. The smallest absolute Gasteiger partial charge is 0.347 e. The molecule has 6 nitrogen and oxygen atoms in total. The van der Waals surface area contributed by atoms with E-state index in [0.717, 1.165) is 0 Å². The first-order valence-electron chi connectivity index (χ1n) is 6.91. The molecule has 0 aliphatic carbocycles.